The molecule has 1 aromatic heterocycles. The molecule has 0 radical (unpaired) electrons. The molecule has 0 atom stereocenters. The number of fused-ring (bicyclic) bond motifs is 1. The minimum Gasteiger partial charge on any atom is -0.356 e. The van der Waals surface area contributed by atoms with Crippen LogP contribution in [0.2, 0.25) is 0 Å². The minimum absolute atomic E-state index is 0.163. The number of hydrogen-bond donors (Lipinski definition) is 1. The van der Waals surface area contributed by atoms with E-state index in [1.54, 1.807) is 0 Å². The first-order valence-electron chi connectivity index (χ1n) is 14.7. The number of nitrogens with one attached hydrogen (secondary N) is 1. The smallest absolute Gasteiger partial charge is 0.243 e. The van der Waals surface area contributed by atoms with Crippen molar-refractivity contribution in [3.63, 3.8) is 0 Å². The fourth-order valence-electron chi connectivity index (χ4n) is 6.28. The van der Waals surface area contributed by atoms with Crippen molar-refractivity contribution in [1.82, 2.24) is 19.8 Å². The molecule has 5 rings (SSSR count). The highest BCUT2D eigenvalue weighted by Gasteiger charge is 2.27. The number of nitrogens with zero attached hydrogens (tertiary/aromatic N) is 3. The lowest BCUT2D eigenvalue weighted by Gasteiger charge is -2.35. The summed E-state index contributed by atoms with van der Waals surface area (Å²) in [4.78, 5) is 33.5. The first-order chi connectivity index (χ1) is 18.7. The van der Waals surface area contributed by atoms with E-state index in [9.17, 15) is 9.59 Å². The highest BCUT2D eigenvalue weighted by Crippen LogP contribution is 2.26. The van der Waals surface area contributed by atoms with E-state index < -0.39 is 0 Å². The average Bonchev–Trinajstić information content (AvgIpc) is 3.32. The van der Waals surface area contributed by atoms with Gasteiger partial charge in [-0.15, -0.1) is 0 Å². The summed E-state index contributed by atoms with van der Waals surface area (Å²) < 4.78 is 2.11. The highest BCUT2D eigenvalue weighted by molar-refractivity contribution is 5.81. The number of amides is 2. The van der Waals surface area contributed by atoms with Crippen molar-refractivity contribution in [3.05, 3.63) is 66.0 Å². The molecular formula is C32H42N4O2. The van der Waals surface area contributed by atoms with E-state index in [-0.39, 0.29) is 17.7 Å². The van der Waals surface area contributed by atoms with E-state index in [1.165, 1.54) is 31.2 Å². The van der Waals surface area contributed by atoms with Crippen LogP contribution in [0.15, 0.2) is 54.6 Å². The predicted octanol–water partition coefficient (Wildman–Crippen LogP) is 6.03. The second-order valence-electron chi connectivity index (χ2n) is 11.1. The average molecular weight is 515 g/mol. The van der Waals surface area contributed by atoms with Gasteiger partial charge in [-0.1, -0.05) is 81.0 Å². The number of carbonyl (C=O) groups is 2. The van der Waals surface area contributed by atoms with Gasteiger partial charge in [-0.3, -0.25) is 9.59 Å². The van der Waals surface area contributed by atoms with Crippen molar-refractivity contribution in [1.29, 1.82) is 0 Å². The first kappa shape index (κ1) is 26.5. The van der Waals surface area contributed by atoms with Crippen LogP contribution in [0, 0.1) is 5.92 Å². The second kappa shape index (κ2) is 13.1. The third-order valence-electron chi connectivity index (χ3n) is 8.41. The zero-order chi connectivity index (χ0) is 26.2. The molecule has 0 bridgehead atoms. The van der Waals surface area contributed by atoms with Crippen molar-refractivity contribution in [3.8, 4) is 0 Å². The van der Waals surface area contributed by atoms with Crippen LogP contribution in [0.5, 0.6) is 0 Å². The quantitative estimate of drug-likeness (QED) is 0.336. The molecule has 2 aliphatic rings. The Morgan fingerprint density at radius 1 is 0.868 bits per heavy atom. The minimum atomic E-state index is 0.163. The van der Waals surface area contributed by atoms with Gasteiger partial charge >= 0.3 is 0 Å². The van der Waals surface area contributed by atoms with Gasteiger partial charge in [0.05, 0.1) is 11.0 Å². The summed E-state index contributed by atoms with van der Waals surface area (Å²) in [5.74, 6) is 1.48. The largest absolute Gasteiger partial charge is 0.356 e. The lowest BCUT2D eigenvalue weighted by Crippen LogP contribution is -2.42. The van der Waals surface area contributed by atoms with Gasteiger partial charge in [-0.05, 0) is 49.8 Å². The van der Waals surface area contributed by atoms with E-state index in [2.05, 4.69) is 33.0 Å². The Morgan fingerprint density at radius 3 is 2.32 bits per heavy atom. The molecule has 3 aromatic rings. The van der Waals surface area contributed by atoms with Gasteiger partial charge in [-0.25, -0.2) is 4.98 Å². The van der Waals surface area contributed by atoms with Crippen LogP contribution >= 0.6 is 0 Å². The molecule has 1 N–H and O–H groups in total. The van der Waals surface area contributed by atoms with Gasteiger partial charge < -0.3 is 14.8 Å². The van der Waals surface area contributed by atoms with Crippen molar-refractivity contribution < 1.29 is 9.59 Å². The Hall–Kier alpha value is -3.15. The van der Waals surface area contributed by atoms with E-state index in [1.807, 2.05) is 36.4 Å². The number of para-hydroxylation sites is 2. The normalized spacial score (nSPS) is 16.9. The molecule has 0 unspecified atom stereocenters. The van der Waals surface area contributed by atoms with Crippen molar-refractivity contribution >= 4 is 22.8 Å². The molecule has 202 valence electrons. The molecule has 2 amide bonds. The standard InChI is InChI=1S/C32H42N4O2/c37-31(35(27-17-8-3-9-18-27)23-25-13-4-1-5-14-25)24-36-29-20-11-10-19-28(29)34-30(36)21-12-22-33-32(38)26-15-6-2-7-16-26/h1,4-5,10-11,13-14,19-20,26-27H,2-3,6-9,12,15-18,21-24H2,(H,33,38). The second-order valence-corrected chi connectivity index (χ2v) is 11.1. The van der Waals surface area contributed by atoms with Crippen LogP contribution < -0.4 is 5.32 Å². The third kappa shape index (κ3) is 6.64. The van der Waals surface area contributed by atoms with Crippen molar-refractivity contribution in [2.24, 2.45) is 5.92 Å². The number of carbonyl (C=O) groups excluding carboxylic acids is 2. The Bertz CT molecular complexity index is 1190. The van der Waals surface area contributed by atoms with Crippen LogP contribution in [-0.2, 0) is 29.1 Å². The Balaban J connectivity index is 1.28. The fraction of sp³-hybridized carbons (Fsp3) is 0.531. The summed E-state index contributed by atoms with van der Waals surface area (Å²) >= 11 is 0. The maximum atomic E-state index is 13.9. The topological polar surface area (TPSA) is 67.2 Å². The lowest BCUT2D eigenvalue weighted by molar-refractivity contribution is -0.135. The lowest BCUT2D eigenvalue weighted by atomic mass is 9.89. The number of imidazole rings is 1. The van der Waals surface area contributed by atoms with Crippen LogP contribution in [0.25, 0.3) is 11.0 Å². The number of hydrogen-bond acceptors (Lipinski definition) is 3. The summed E-state index contributed by atoms with van der Waals surface area (Å²) in [6.45, 7) is 1.60. The van der Waals surface area contributed by atoms with E-state index in [4.69, 9.17) is 4.98 Å². The van der Waals surface area contributed by atoms with Crippen LogP contribution in [0.4, 0.5) is 0 Å². The predicted molar refractivity (Wildman–Crippen MR) is 152 cm³/mol. The molecule has 2 aliphatic carbocycles. The molecule has 2 fully saturated rings. The number of benzene rings is 2. The summed E-state index contributed by atoms with van der Waals surface area (Å²) in [5.41, 5.74) is 3.11. The van der Waals surface area contributed by atoms with E-state index in [0.717, 1.165) is 68.2 Å². The van der Waals surface area contributed by atoms with Crippen molar-refractivity contribution in [2.75, 3.05) is 6.54 Å². The number of aryl methyl sites for hydroxylation is 1. The van der Waals surface area contributed by atoms with Gasteiger partial charge in [0.1, 0.15) is 12.4 Å². The first-order valence-corrected chi connectivity index (χ1v) is 14.7. The Morgan fingerprint density at radius 2 is 1.55 bits per heavy atom. The van der Waals surface area contributed by atoms with Gasteiger partial charge in [0.25, 0.3) is 0 Å². The van der Waals surface area contributed by atoms with Crippen LogP contribution in [0.1, 0.15) is 82.0 Å². The summed E-state index contributed by atoms with van der Waals surface area (Å²) in [6.07, 6.45) is 13.0. The summed E-state index contributed by atoms with van der Waals surface area (Å²) in [6, 6.07) is 18.7. The van der Waals surface area contributed by atoms with Crippen LogP contribution in [-0.4, -0.2) is 38.9 Å². The van der Waals surface area contributed by atoms with Gasteiger partial charge in [-0.2, -0.15) is 0 Å². The van der Waals surface area contributed by atoms with Gasteiger partial charge in [0, 0.05) is 31.5 Å². The maximum absolute atomic E-state index is 13.9. The number of aromatic nitrogens is 2. The zero-order valence-electron chi connectivity index (χ0n) is 22.6. The Kier molecular flexibility index (Phi) is 9.11. The highest BCUT2D eigenvalue weighted by atomic mass is 16.2. The molecule has 0 spiro atoms. The van der Waals surface area contributed by atoms with Gasteiger partial charge in [0.2, 0.25) is 11.8 Å². The molecule has 0 saturated heterocycles. The van der Waals surface area contributed by atoms with E-state index in [0.29, 0.717) is 25.7 Å². The molecular weight excluding hydrogens is 472 g/mol. The Labute approximate surface area is 226 Å². The van der Waals surface area contributed by atoms with Gasteiger partial charge in [0.15, 0.2) is 0 Å². The molecule has 0 aliphatic heterocycles. The molecule has 1 heterocycles. The summed E-state index contributed by atoms with van der Waals surface area (Å²) in [7, 11) is 0. The SMILES string of the molecule is O=C(NCCCc1nc2ccccc2n1CC(=O)N(Cc1ccccc1)C1CCCCC1)C1CCCCC1. The molecule has 2 saturated carbocycles. The molecule has 2 aromatic carbocycles. The number of rotatable bonds is 10. The molecule has 6 nitrogen and oxygen atoms in total. The maximum Gasteiger partial charge on any atom is 0.243 e. The third-order valence-corrected chi connectivity index (χ3v) is 8.41. The van der Waals surface area contributed by atoms with Crippen LogP contribution in [0.3, 0.4) is 0 Å². The summed E-state index contributed by atoms with van der Waals surface area (Å²) in [5, 5.41) is 3.15. The van der Waals surface area contributed by atoms with E-state index >= 15 is 0 Å². The monoisotopic (exact) mass is 514 g/mol. The fourth-order valence-corrected chi connectivity index (χ4v) is 6.28. The van der Waals surface area contributed by atoms with Crippen molar-refractivity contribution in [2.45, 2.75) is 96.2 Å². The zero-order valence-corrected chi connectivity index (χ0v) is 22.6. The molecule has 6 heteroatoms. The molecule has 38 heavy (non-hydrogen) atoms.